The molecule has 2 bridgehead atoms. The number of carbonyl (C=O) groups is 2. The third kappa shape index (κ3) is 2.96. The minimum Gasteiger partial charge on any atom is -0.351 e. The number of halogens is 1. The van der Waals surface area contributed by atoms with E-state index in [4.69, 9.17) is 0 Å². The number of rotatable bonds is 5. The van der Waals surface area contributed by atoms with E-state index in [1.165, 1.54) is 17.4 Å². The predicted molar refractivity (Wildman–Crippen MR) is 103 cm³/mol. The number of benzene rings is 1. The van der Waals surface area contributed by atoms with Gasteiger partial charge in [-0.2, -0.15) is 11.3 Å². The Morgan fingerprint density at radius 3 is 2.81 bits per heavy atom. The monoisotopic (exact) mass is 386 g/mol. The third-order valence-corrected chi connectivity index (χ3v) is 6.91. The number of fused-ring (bicyclic) bond motifs is 2. The predicted octanol–water partition coefficient (Wildman–Crippen LogP) is 3.98. The summed E-state index contributed by atoms with van der Waals surface area (Å²) in [7, 11) is 0. The summed E-state index contributed by atoms with van der Waals surface area (Å²) in [5.41, 5.74) is 0.599. The number of hydrogen-bond acceptors (Lipinski definition) is 3. The molecule has 0 aliphatic carbocycles. The average molecular weight is 386 g/mol. The van der Waals surface area contributed by atoms with Gasteiger partial charge in [0.05, 0.1) is 11.0 Å². The molecule has 4 nitrogen and oxygen atoms in total. The quantitative estimate of drug-likeness (QED) is 0.845. The summed E-state index contributed by atoms with van der Waals surface area (Å²) in [5.74, 6) is -0.352. The second-order valence-electron chi connectivity index (χ2n) is 7.46. The summed E-state index contributed by atoms with van der Waals surface area (Å²) in [5, 5.41) is 6.71. The van der Waals surface area contributed by atoms with E-state index in [0.717, 1.165) is 12.8 Å². The molecular formula is C21H23FN2O2S. The van der Waals surface area contributed by atoms with Crippen LogP contribution in [-0.2, 0) is 11.3 Å². The summed E-state index contributed by atoms with van der Waals surface area (Å²) in [4.78, 5) is 28.1. The molecule has 1 aromatic heterocycles. The molecule has 2 aliphatic rings. The second kappa shape index (κ2) is 7.08. The van der Waals surface area contributed by atoms with E-state index in [1.807, 2.05) is 28.7 Å². The summed E-state index contributed by atoms with van der Waals surface area (Å²) < 4.78 is 13.9. The smallest absolute Gasteiger partial charge is 0.255 e. The summed E-state index contributed by atoms with van der Waals surface area (Å²) >= 11 is 1.51. The van der Waals surface area contributed by atoms with Crippen LogP contribution in [0.15, 0.2) is 41.1 Å². The van der Waals surface area contributed by atoms with Crippen molar-refractivity contribution in [2.75, 3.05) is 0 Å². The van der Waals surface area contributed by atoms with E-state index in [-0.39, 0.29) is 36.3 Å². The van der Waals surface area contributed by atoms with Crippen LogP contribution in [0.1, 0.15) is 48.5 Å². The lowest BCUT2D eigenvalue weighted by molar-refractivity contribution is -0.133. The van der Waals surface area contributed by atoms with Crippen LogP contribution < -0.4 is 5.32 Å². The molecule has 3 heterocycles. The Balaban J connectivity index is 1.53. The Kier molecular flexibility index (Phi) is 4.76. The second-order valence-corrected chi connectivity index (χ2v) is 8.24. The molecule has 142 valence electrons. The Morgan fingerprint density at radius 1 is 1.30 bits per heavy atom. The fraction of sp³-hybridized carbons (Fsp3) is 0.429. The van der Waals surface area contributed by atoms with Crippen LogP contribution in [0.3, 0.4) is 0 Å². The van der Waals surface area contributed by atoms with Crippen molar-refractivity contribution >= 4 is 23.2 Å². The zero-order valence-corrected chi connectivity index (χ0v) is 16.1. The molecule has 2 aliphatic heterocycles. The van der Waals surface area contributed by atoms with Gasteiger partial charge in [0, 0.05) is 29.6 Å². The first kappa shape index (κ1) is 18.2. The largest absolute Gasteiger partial charge is 0.351 e. The zero-order chi connectivity index (χ0) is 19.0. The molecule has 27 heavy (non-hydrogen) atoms. The van der Waals surface area contributed by atoms with Crippen molar-refractivity contribution in [1.29, 1.82) is 0 Å². The average Bonchev–Trinajstić information content (AvgIpc) is 3.42. The van der Waals surface area contributed by atoms with Gasteiger partial charge in [-0.05, 0) is 43.2 Å². The maximum absolute atomic E-state index is 13.9. The van der Waals surface area contributed by atoms with Crippen molar-refractivity contribution in [3.05, 3.63) is 58.0 Å². The van der Waals surface area contributed by atoms with E-state index in [2.05, 4.69) is 5.32 Å². The lowest BCUT2D eigenvalue weighted by atomic mass is 9.71. The Hall–Kier alpha value is -2.21. The maximum Gasteiger partial charge on any atom is 0.255 e. The van der Waals surface area contributed by atoms with E-state index < -0.39 is 5.41 Å². The Bertz CT molecular complexity index is 854. The molecule has 2 fully saturated rings. The van der Waals surface area contributed by atoms with Crippen LogP contribution in [0, 0.1) is 11.2 Å². The van der Waals surface area contributed by atoms with Crippen LogP contribution in [0.25, 0.3) is 0 Å². The standard InChI is InChI=1S/C21H23FN2O2S/c1-2-21(20(26)23-12-14-5-3-4-6-17(14)22)11-16-7-8-18(21)24(16)19(25)15-9-10-27-13-15/h3-6,9-10,13,16,18H,2,7-8,11-12H2,1H3,(H,23,26)/t16-,18+,21+/m0/s1. The topological polar surface area (TPSA) is 49.4 Å². The first-order chi connectivity index (χ1) is 13.1. The maximum atomic E-state index is 13.9. The number of nitrogens with zero attached hydrogens (tertiary/aromatic N) is 1. The lowest BCUT2D eigenvalue weighted by Gasteiger charge is -2.35. The molecule has 0 saturated carbocycles. The third-order valence-electron chi connectivity index (χ3n) is 6.22. The fourth-order valence-electron chi connectivity index (χ4n) is 4.80. The number of carbonyl (C=O) groups excluding carboxylic acids is 2. The van der Waals surface area contributed by atoms with Crippen molar-refractivity contribution in [2.45, 2.75) is 51.2 Å². The number of amides is 2. The van der Waals surface area contributed by atoms with Crippen LogP contribution in [-0.4, -0.2) is 28.8 Å². The molecular weight excluding hydrogens is 363 g/mol. The molecule has 2 amide bonds. The van der Waals surface area contributed by atoms with Gasteiger partial charge in [-0.15, -0.1) is 0 Å². The molecule has 3 atom stereocenters. The van der Waals surface area contributed by atoms with E-state index >= 15 is 0 Å². The first-order valence-corrected chi connectivity index (χ1v) is 10.4. The van der Waals surface area contributed by atoms with E-state index in [0.29, 0.717) is 24.0 Å². The highest BCUT2D eigenvalue weighted by Crippen LogP contribution is 2.52. The number of hydrogen-bond donors (Lipinski definition) is 1. The number of thiophene rings is 1. The van der Waals surface area contributed by atoms with Gasteiger partial charge in [-0.25, -0.2) is 4.39 Å². The highest BCUT2D eigenvalue weighted by Gasteiger charge is 2.60. The molecule has 0 spiro atoms. The van der Waals surface area contributed by atoms with Gasteiger partial charge < -0.3 is 10.2 Å². The Labute approximate surface area is 162 Å². The van der Waals surface area contributed by atoms with Crippen LogP contribution >= 0.6 is 11.3 Å². The van der Waals surface area contributed by atoms with Crippen molar-refractivity contribution in [2.24, 2.45) is 5.41 Å². The van der Waals surface area contributed by atoms with Crippen molar-refractivity contribution in [1.82, 2.24) is 10.2 Å². The van der Waals surface area contributed by atoms with Crippen LogP contribution in [0.5, 0.6) is 0 Å². The first-order valence-electron chi connectivity index (χ1n) is 9.43. The lowest BCUT2D eigenvalue weighted by Crippen LogP contribution is -2.49. The van der Waals surface area contributed by atoms with Gasteiger partial charge in [0.2, 0.25) is 5.91 Å². The summed E-state index contributed by atoms with van der Waals surface area (Å²) in [6.45, 7) is 2.18. The molecule has 1 N–H and O–H groups in total. The van der Waals surface area contributed by atoms with Gasteiger partial charge in [-0.3, -0.25) is 9.59 Å². The molecule has 2 aromatic rings. The molecule has 6 heteroatoms. The Morgan fingerprint density at radius 2 is 2.11 bits per heavy atom. The fourth-order valence-corrected chi connectivity index (χ4v) is 5.43. The highest BCUT2D eigenvalue weighted by molar-refractivity contribution is 7.08. The van der Waals surface area contributed by atoms with Gasteiger partial charge in [0.25, 0.3) is 5.91 Å². The van der Waals surface area contributed by atoms with Crippen molar-refractivity contribution in [3.63, 3.8) is 0 Å². The molecule has 1 aromatic carbocycles. The highest BCUT2D eigenvalue weighted by atomic mass is 32.1. The molecule has 0 radical (unpaired) electrons. The van der Waals surface area contributed by atoms with Gasteiger partial charge in [0.15, 0.2) is 0 Å². The van der Waals surface area contributed by atoms with Crippen LogP contribution in [0.4, 0.5) is 4.39 Å². The minimum atomic E-state index is -0.583. The molecule has 4 rings (SSSR count). The van der Waals surface area contributed by atoms with Crippen molar-refractivity contribution < 1.29 is 14.0 Å². The zero-order valence-electron chi connectivity index (χ0n) is 15.3. The van der Waals surface area contributed by atoms with E-state index in [9.17, 15) is 14.0 Å². The normalized spacial score (nSPS) is 26.4. The van der Waals surface area contributed by atoms with Crippen LogP contribution in [0.2, 0.25) is 0 Å². The van der Waals surface area contributed by atoms with E-state index in [1.54, 1.807) is 18.2 Å². The molecule has 2 saturated heterocycles. The summed E-state index contributed by atoms with van der Waals surface area (Å²) in [6.07, 6.45) is 3.15. The van der Waals surface area contributed by atoms with Crippen molar-refractivity contribution in [3.8, 4) is 0 Å². The van der Waals surface area contributed by atoms with Gasteiger partial charge in [0.1, 0.15) is 5.82 Å². The van der Waals surface area contributed by atoms with Gasteiger partial charge in [-0.1, -0.05) is 25.1 Å². The number of nitrogens with one attached hydrogen (secondary N) is 1. The SMILES string of the molecule is CC[C@@]1(C(=O)NCc2ccccc2F)C[C@@H]2CC[C@H]1N2C(=O)c1ccsc1. The summed E-state index contributed by atoms with van der Waals surface area (Å²) in [6, 6.07) is 8.35. The van der Waals surface area contributed by atoms with Gasteiger partial charge >= 0.3 is 0 Å². The minimum absolute atomic E-state index is 0.0287. The molecule has 0 unspecified atom stereocenters.